The highest BCUT2D eigenvalue weighted by Crippen LogP contribution is 2.27. The van der Waals surface area contributed by atoms with Crippen molar-refractivity contribution < 1.29 is 4.79 Å². The van der Waals surface area contributed by atoms with Gasteiger partial charge in [0.15, 0.2) is 5.78 Å². The third-order valence-corrected chi connectivity index (χ3v) is 4.80. The fraction of sp³-hybridized carbons (Fsp3) is 0.526. The van der Waals surface area contributed by atoms with Crippen molar-refractivity contribution in [1.29, 1.82) is 5.26 Å². The van der Waals surface area contributed by atoms with Gasteiger partial charge in [-0.3, -0.25) is 9.79 Å². The molecule has 0 radical (unpaired) electrons. The molecule has 1 saturated carbocycles. The van der Waals surface area contributed by atoms with Gasteiger partial charge in [-0.25, -0.2) is 0 Å². The Bertz CT molecular complexity index is 614. The Kier molecular flexibility index (Phi) is 6.80. The van der Waals surface area contributed by atoms with E-state index in [-0.39, 0.29) is 5.78 Å². The molecule has 0 unspecified atom stereocenters. The number of rotatable bonds is 5. The number of ketones is 1. The molecule has 0 saturated heterocycles. The number of hydrogen-bond donors (Lipinski definition) is 0. The molecule has 3 nitrogen and oxygen atoms in total. The summed E-state index contributed by atoms with van der Waals surface area (Å²) < 4.78 is 0. The van der Waals surface area contributed by atoms with Crippen LogP contribution in [0.3, 0.4) is 0 Å². The molecule has 0 aromatic rings. The fourth-order valence-corrected chi connectivity index (χ4v) is 3.40. The first-order valence-corrected chi connectivity index (χ1v) is 8.78. The molecule has 0 bridgehead atoms. The summed E-state index contributed by atoms with van der Waals surface area (Å²) in [6.45, 7) is 2.70. The largest absolute Gasteiger partial charge is 0.295 e. The molecule has 4 heteroatoms. The zero-order valence-electron chi connectivity index (χ0n) is 13.6. The molecule has 0 aromatic heterocycles. The molecule has 0 atom stereocenters. The van der Waals surface area contributed by atoms with Crippen LogP contribution in [0.2, 0.25) is 0 Å². The number of nitriles is 1. The zero-order valence-corrected chi connectivity index (χ0v) is 14.4. The van der Waals surface area contributed by atoms with E-state index in [4.69, 9.17) is 11.6 Å². The highest BCUT2D eigenvalue weighted by Gasteiger charge is 2.17. The molecule has 2 aliphatic rings. The number of aliphatic imine (C=N–C) groups is 1. The zero-order chi connectivity index (χ0) is 16.7. The maximum Gasteiger partial charge on any atom is 0.156 e. The standard InChI is InChI=1S/C19H23ClN2O/c1-2-17(15-8-5-9-16(23)11-10-15)18(12-21)19(20)22-13-14-6-3-4-7-14/h8,10-11,14H,2-7,9,13H2,1H3/b18-17+,22-19?. The van der Waals surface area contributed by atoms with E-state index in [0.717, 1.165) is 11.1 Å². The van der Waals surface area contributed by atoms with Gasteiger partial charge in [-0.05, 0) is 48.8 Å². The third-order valence-electron chi connectivity index (χ3n) is 4.49. The Morgan fingerprint density at radius 1 is 1.39 bits per heavy atom. The maximum absolute atomic E-state index is 11.5. The topological polar surface area (TPSA) is 53.2 Å². The summed E-state index contributed by atoms with van der Waals surface area (Å²) in [6, 6.07) is 2.21. The van der Waals surface area contributed by atoms with Crippen LogP contribution < -0.4 is 0 Å². The van der Waals surface area contributed by atoms with Gasteiger partial charge >= 0.3 is 0 Å². The minimum absolute atomic E-state index is 0.117. The van der Waals surface area contributed by atoms with Gasteiger partial charge < -0.3 is 0 Å². The summed E-state index contributed by atoms with van der Waals surface area (Å²) in [7, 11) is 0. The SMILES string of the molecule is CC/C(C1=CCCC(=O)C=C1)=C(/C#N)C(Cl)=NCC1CCCC1. The lowest BCUT2D eigenvalue weighted by Gasteiger charge is -2.10. The molecule has 1 fully saturated rings. The Morgan fingerprint density at radius 2 is 2.13 bits per heavy atom. The second kappa shape index (κ2) is 8.84. The van der Waals surface area contributed by atoms with Crippen molar-refractivity contribution >= 4 is 22.6 Å². The molecule has 2 aliphatic carbocycles. The summed E-state index contributed by atoms with van der Waals surface area (Å²) in [5, 5.41) is 9.86. The summed E-state index contributed by atoms with van der Waals surface area (Å²) in [4.78, 5) is 16.0. The molecule has 0 aromatic carbocycles. The molecule has 23 heavy (non-hydrogen) atoms. The number of carbonyl (C=O) groups excluding carboxylic acids is 1. The van der Waals surface area contributed by atoms with Gasteiger partial charge in [0.25, 0.3) is 0 Å². The van der Waals surface area contributed by atoms with Crippen LogP contribution in [-0.2, 0) is 4.79 Å². The quantitative estimate of drug-likeness (QED) is 0.532. The Hall–Kier alpha value is -1.66. The van der Waals surface area contributed by atoms with Crippen LogP contribution >= 0.6 is 11.6 Å². The van der Waals surface area contributed by atoms with Crippen LogP contribution in [0, 0.1) is 17.2 Å². The summed E-state index contributed by atoms with van der Waals surface area (Å²) in [5.41, 5.74) is 2.24. The van der Waals surface area contributed by atoms with E-state index in [0.29, 0.717) is 42.5 Å². The molecular formula is C19H23ClN2O. The lowest BCUT2D eigenvalue weighted by Crippen LogP contribution is -2.04. The second-order valence-corrected chi connectivity index (χ2v) is 6.46. The monoisotopic (exact) mass is 330 g/mol. The fourth-order valence-electron chi connectivity index (χ4n) is 3.17. The van der Waals surface area contributed by atoms with Crippen LogP contribution in [0.5, 0.6) is 0 Å². The first kappa shape index (κ1) is 17.7. The first-order chi connectivity index (χ1) is 11.2. The van der Waals surface area contributed by atoms with E-state index >= 15 is 0 Å². The van der Waals surface area contributed by atoms with Gasteiger partial charge in [0.2, 0.25) is 0 Å². The molecule has 0 N–H and O–H groups in total. The van der Waals surface area contributed by atoms with Crippen LogP contribution in [0.15, 0.2) is 39.9 Å². The molecular weight excluding hydrogens is 308 g/mol. The number of carbonyl (C=O) groups is 1. The summed E-state index contributed by atoms with van der Waals surface area (Å²) in [5.74, 6) is 0.717. The van der Waals surface area contributed by atoms with Gasteiger partial charge in [0, 0.05) is 13.0 Å². The molecule has 122 valence electrons. The number of halogens is 1. The number of allylic oxidation sites excluding steroid dienone is 6. The van der Waals surface area contributed by atoms with Crippen LogP contribution in [0.4, 0.5) is 0 Å². The Balaban J connectivity index is 2.25. The lowest BCUT2D eigenvalue weighted by atomic mass is 9.97. The van der Waals surface area contributed by atoms with Crippen molar-refractivity contribution in [1.82, 2.24) is 0 Å². The average molecular weight is 331 g/mol. The van der Waals surface area contributed by atoms with Crippen LogP contribution in [0.1, 0.15) is 51.9 Å². The Morgan fingerprint density at radius 3 is 2.78 bits per heavy atom. The third kappa shape index (κ3) is 4.91. The average Bonchev–Trinajstić information content (AvgIpc) is 2.98. The van der Waals surface area contributed by atoms with Gasteiger partial charge in [-0.2, -0.15) is 5.26 Å². The van der Waals surface area contributed by atoms with E-state index in [1.165, 1.54) is 25.7 Å². The van der Waals surface area contributed by atoms with Crippen molar-refractivity contribution in [3.05, 3.63) is 34.9 Å². The Labute approximate surface area is 143 Å². The van der Waals surface area contributed by atoms with Crippen molar-refractivity contribution in [2.45, 2.75) is 51.9 Å². The molecule has 2 rings (SSSR count). The van der Waals surface area contributed by atoms with E-state index < -0.39 is 0 Å². The van der Waals surface area contributed by atoms with Crippen molar-refractivity contribution in [2.75, 3.05) is 6.54 Å². The highest BCUT2D eigenvalue weighted by atomic mass is 35.5. The minimum Gasteiger partial charge on any atom is -0.295 e. The van der Waals surface area contributed by atoms with E-state index in [2.05, 4.69) is 11.1 Å². The molecule has 0 spiro atoms. The van der Waals surface area contributed by atoms with Crippen molar-refractivity contribution in [3.63, 3.8) is 0 Å². The second-order valence-electron chi connectivity index (χ2n) is 6.10. The van der Waals surface area contributed by atoms with Crippen molar-refractivity contribution in [2.24, 2.45) is 10.9 Å². The predicted octanol–water partition coefficient (Wildman–Crippen LogP) is 4.89. The minimum atomic E-state index is 0.117. The molecule has 0 aliphatic heterocycles. The van der Waals surface area contributed by atoms with Gasteiger partial charge in [-0.1, -0.05) is 43.5 Å². The summed E-state index contributed by atoms with van der Waals surface area (Å²) >= 11 is 6.34. The lowest BCUT2D eigenvalue weighted by molar-refractivity contribution is -0.114. The normalized spacial score (nSPS) is 20.8. The number of hydrogen-bond acceptors (Lipinski definition) is 3. The van der Waals surface area contributed by atoms with E-state index in [9.17, 15) is 10.1 Å². The first-order valence-electron chi connectivity index (χ1n) is 8.40. The predicted molar refractivity (Wildman–Crippen MR) is 94.5 cm³/mol. The van der Waals surface area contributed by atoms with Gasteiger partial charge in [-0.15, -0.1) is 0 Å². The van der Waals surface area contributed by atoms with Crippen LogP contribution in [-0.4, -0.2) is 17.5 Å². The summed E-state index contributed by atoms with van der Waals surface area (Å²) in [6.07, 6.45) is 12.2. The van der Waals surface area contributed by atoms with Crippen LogP contribution in [0.25, 0.3) is 0 Å². The van der Waals surface area contributed by atoms with Gasteiger partial charge in [0.1, 0.15) is 11.2 Å². The highest BCUT2D eigenvalue weighted by molar-refractivity contribution is 6.70. The maximum atomic E-state index is 11.5. The number of nitrogens with zero attached hydrogens (tertiary/aromatic N) is 2. The van der Waals surface area contributed by atoms with Gasteiger partial charge in [0.05, 0.1) is 5.57 Å². The van der Waals surface area contributed by atoms with E-state index in [1.807, 2.05) is 13.0 Å². The van der Waals surface area contributed by atoms with Crippen molar-refractivity contribution in [3.8, 4) is 6.07 Å². The van der Waals surface area contributed by atoms with E-state index in [1.54, 1.807) is 12.2 Å². The molecule has 0 heterocycles. The molecule has 0 amide bonds. The smallest absolute Gasteiger partial charge is 0.156 e.